The molecule has 0 spiro atoms. The van der Waals surface area contributed by atoms with Crippen LogP contribution in [-0.4, -0.2) is 38.2 Å². The van der Waals surface area contributed by atoms with Crippen LogP contribution in [-0.2, 0) is 29.1 Å². The number of rotatable bonds is 11. The lowest BCUT2D eigenvalue weighted by atomic mass is 10.1. The third-order valence-electron chi connectivity index (χ3n) is 4.73. The highest BCUT2D eigenvalue weighted by Gasteiger charge is 2.16. The van der Waals surface area contributed by atoms with Gasteiger partial charge in [-0.15, -0.1) is 11.3 Å². The van der Waals surface area contributed by atoms with E-state index in [9.17, 15) is 4.79 Å². The fraction of sp³-hybridized carbons (Fsp3) is 0.292. The molecule has 0 fully saturated rings. The van der Waals surface area contributed by atoms with Crippen LogP contribution in [0.2, 0.25) is 0 Å². The molecule has 1 amide bonds. The van der Waals surface area contributed by atoms with Crippen molar-refractivity contribution in [3.05, 3.63) is 82.0 Å². The Morgan fingerprint density at radius 1 is 0.933 bits per heavy atom. The lowest BCUT2D eigenvalue weighted by Gasteiger charge is -2.22. The van der Waals surface area contributed by atoms with E-state index in [1.807, 2.05) is 70.9 Å². The number of methoxy groups -OCH3 is 2. The first-order valence-corrected chi connectivity index (χ1v) is 10.7. The van der Waals surface area contributed by atoms with Gasteiger partial charge in [-0.25, -0.2) is 0 Å². The van der Waals surface area contributed by atoms with Crippen molar-refractivity contribution >= 4 is 17.2 Å². The second kappa shape index (κ2) is 11.4. The molecule has 0 aliphatic heterocycles. The first kappa shape index (κ1) is 21.9. The summed E-state index contributed by atoms with van der Waals surface area (Å²) in [5.41, 5.74) is 2.14. The number of ether oxygens (including phenoxy) is 3. The second-order valence-electron chi connectivity index (χ2n) is 6.81. The molecule has 3 rings (SSSR count). The molecule has 0 saturated heterocycles. The lowest BCUT2D eigenvalue weighted by molar-refractivity contribution is -0.137. The van der Waals surface area contributed by atoms with Crippen molar-refractivity contribution in [2.45, 2.75) is 19.6 Å². The van der Waals surface area contributed by atoms with E-state index in [2.05, 4.69) is 0 Å². The zero-order valence-corrected chi connectivity index (χ0v) is 18.2. The normalized spacial score (nSPS) is 10.6. The van der Waals surface area contributed by atoms with Crippen LogP contribution in [0.4, 0.5) is 0 Å². The molecule has 3 aromatic rings. The Bertz CT molecular complexity index is 912. The largest absolute Gasteiger partial charge is 0.493 e. The van der Waals surface area contributed by atoms with Crippen molar-refractivity contribution in [2.75, 3.05) is 27.4 Å². The van der Waals surface area contributed by atoms with E-state index in [1.54, 1.807) is 25.6 Å². The maximum atomic E-state index is 12.9. The zero-order valence-electron chi connectivity index (χ0n) is 17.4. The summed E-state index contributed by atoms with van der Waals surface area (Å²) >= 11 is 1.65. The highest BCUT2D eigenvalue weighted by Crippen LogP contribution is 2.27. The molecule has 1 heterocycles. The van der Waals surface area contributed by atoms with E-state index in [1.165, 1.54) is 0 Å². The Labute approximate surface area is 181 Å². The summed E-state index contributed by atoms with van der Waals surface area (Å²) in [5, 5.41) is 2.03. The van der Waals surface area contributed by atoms with Crippen LogP contribution in [0, 0.1) is 0 Å². The van der Waals surface area contributed by atoms with Crippen LogP contribution >= 0.6 is 11.3 Å². The Morgan fingerprint density at radius 3 is 2.43 bits per heavy atom. The third kappa shape index (κ3) is 6.34. The third-order valence-corrected chi connectivity index (χ3v) is 5.60. The Balaban J connectivity index is 1.61. The number of carbonyl (C=O) groups is 1. The van der Waals surface area contributed by atoms with Crippen molar-refractivity contribution in [3.63, 3.8) is 0 Å². The summed E-state index contributed by atoms with van der Waals surface area (Å²) in [6, 6.07) is 19.8. The number of amides is 1. The van der Waals surface area contributed by atoms with Crippen LogP contribution in [0.1, 0.15) is 16.0 Å². The fourth-order valence-electron chi connectivity index (χ4n) is 3.10. The van der Waals surface area contributed by atoms with Crippen molar-refractivity contribution < 1.29 is 19.0 Å². The van der Waals surface area contributed by atoms with Crippen molar-refractivity contribution in [3.8, 4) is 11.5 Å². The van der Waals surface area contributed by atoms with Crippen molar-refractivity contribution in [1.82, 2.24) is 4.90 Å². The molecule has 0 saturated carbocycles. The molecule has 5 nitrogen and oxygen atoms in total. The van der Waals surface area contributed by atoms with Crippen LogP contribution in [0.3, 0.4) is 0 Å². The minimum atomic E-state index is -0.0141. The molecule has 6 heteroatoms. The molecule has 30 heavy (non-hydrogen) atoms. The minimum Gasteiger partial charge on any atom is -0.493 e. The number of hydrogen-bond acceptors (Lipinski definition) is 5. The monoisotopic (exact) mass is 425 g/mol. The van der Waals surface area contributed by atoms with E-state index in [0.717, 1.165) is 22.4 Å². The van der Waals surface area contributed by atoms with Gasteiger partial charge in [-0.3, -0.25) is 4.79 Å². The molecular weight excluding hydrogens is 398 g/mol. The molecular formula is C24H27NO4S. The highest BCUT2D eigenvalue weighted by atomic mass is 32.1. The van der Waals surface area contributed by atoms with Gasteiger partial charge in [0.1, 0.15) is 6.61 Å². The van der Waals surface area contributed by atoms with Crippen molar-refractivity contribution in [1.29, 1.82) is 0 Å². The van der Waals surface area contributed by atoms with Gasteiger partial charge < -0.3 is 19.1 Å². The van der Waals surface area contributed by atoms with E-state index >= 15 is 0 Å². The molecule has 0 bridgehead atoms. The highest BCUT2D eigenvalue weighted by molar-refractivity contribution is 7.09. The van der Waals surface area contributed by atoms with E-state index in [4.69, 9.17) is 14.2 Å². The molecule has 0 unspecified atom stereocenters. The fourth-order valence-corrected chi connectivity index (χ4v) is 3.82. The van der Waals surface area contributed by atoms with Gasteiger partial charge in [0.05, 0.1) is 27.4 Å². The smallest absolute Gasteiger partial charge is 0.248 e. The predicted molar refractivity (Wildman–Crippen MR) is 119 cm³/mol. The topological polar surface area (TPSA) is 48.0 Å². The summed E-state index contributed by atoms with van der Waals surface area (Å²) in [7, 11) is 3.24. The van der Waals surface area contributed by atoms with Crippen molar-refractivity contribution in [2.24, 2.45) is 0 Å². The number of carbonyl (C=O) groups excluding carboxylic acids is 1. The van der Waals surface area contributed by atoms with E-state index < -0.39 is 0 Å². The van der Waals surface area contributed by atoms with Crippen LogP contribution < -0.4 is 9.47 Å². The molecule has 1 aromatic heterocycles. The molecule has 0 aliphatic carbocycles. The summed E-state index contributed by atoms with van der Waals surface area (Å²) in [4.78, 5) is 15.9. The molecule has 0 radical (unpaired) electrons. The summed E-state index contributed by atoms with van der Waals surface area (Å²) in [6.45, 7) is 1.67. The lowest BCUT2D eigenvalue weighted by Crippen LogP contribution is -2.35. The molecule has 0 aliphatic rings. The first-order chi connectivity index (χ1) is 14.7. The maximum absolute atomic E-state index is 12.9. The standard InChI is InChI=1S/C24H27NO4S/c1-27-22-11-10-19(15-23(22)28-2)12-13-25(16-21-9-6-14-30-21)24(26)18-29-17-20-7-4-3-5-8-20/h3-11,14-15H,12-13,16-18H2,1-2H3. The van der Waals surface area contributed by atoms with Gasteiger partial charge in [-0.05, 0) is 41.1 Å². The Morgan fingerprint density at radius 2 is 1.73 bits per heavy atom. The average molecular weight is 426 g/mol. The van der Waals surface area contributed by atoms with Crippen LogP contribution in [0.15, 0.2) is 66.0 Å². The average Bonchev–Trinajstić information content (AvgIpc) is 3.30. The number of thiophene rings is 1. The van der Waals surface area contributed by atoms with E-state index in [0.29, 0.717) is 31.2 Å². The van der Waals surface area contributed by atoms with Gasteiger partial charge in [0.25, 0.3) is 0 Å². The molecule has 0 atom stereocenters. The molecule has 0 N–H and O–H groups in total. The van der Waals surface area contributed by atoms with Crippen LogP contribution in [0.25, 0.3) is 0 Å². The number of nitrogens with zero attached hydrogens (tertiary/aromatic N) is 1. The SMILES string of the molecule is COc1ccc(CCN(Cc2cccs2)C(=O)COCc2ccccc2)cc1OC. The van der Waals surface area contributed by atoms with E-state index in [-0.39, 0.29) is 12.5 Å². The van der Waals surface area contributed by atoms with Gasteiger partial charge in [0.2, 0.25) is 5.91 Å². The number of benzene rings is 2. The summed E-state index contributed by atoms with van der Waals surface area (Å²) in [6.07, 6.45) is 0.718. The molecule has 2 aromatic carbocycles. The summed E-state index contributed by atoms with van der Waals surface area (Å²) < 4.78 is 16.4. The van der Waals surface area contributed by atoms with Crippen LogP contribution in [0.5, 0.6) is 11.5 Å². The van der Waals surface area contributed by atoms with Gasteiger partial charge in [-0.2, -0.15) is 0 Å². The summed E-state index contributed by atoms with van der Waals surface area (Å²) in [5.74, 6) is 1.37. The Hall–Kier alpha value is -2.83. The number of hydrogen-bond donors (Lipinski definition) is 0. The van der Waals surface area contributed by atoms with Gasteiger partial charge in [0.15, 0.2) is 11.5 Å². The predicted octanol–water partition coefficient (Wildman–Crippen LogP) is 4.55. The second-order valence-corrected chi connectivity index (χ2v) is 7.84. The molecule has 158 valence electrons. The Kier molecular flexibility index (Phi) is 8.30. The maximum Gasteiger partial charge on any atom is 0.248 e. The van der Waals surface area contributed by atoms with Gasteiger partial charge in [-0.1, -0.05) is 42.5 Å². The first-order valence-electron chi connectivity index (χ1n) is 9.82. The quantitative estimate of drug-likeness (QED) is 0.452. The minimum absolute atomic E-state index is 0.0141. The van der Waals surface area contributed by atoms with Gasteiger partial charge in [0, 0.05) is 11.4 Å². The van der Waals surface area contributed by atoms with Gasteiger partial charge >= 0.3 is 0 Å². The zero-order chi connectivity index (χ0) is 21.2.